The van der Waals surface area contributed by atoms with Crippen molar-refractivity contribution in [3.63, 3.8) is 0 Å². The fourth-order valence-corrected chi connectivity index (χ4v) is 1.82. The van der Waals surface area contributed by atoms with Crippen LogP contribution in [0.2, 0.25) is 0 Å². The summed E-state index contributed by atoms with van der Waals surface area (Å²) in [4.78, 5) is 14.0. The first kappa shape index (κ1) is 14.6. The van der Waals surface area contributed by atoms with Crippen LogP contribution in [0.3, 0.4) is 0 Å². The van der Waals surface area contributed by atoms with Crippen LogP contribution in [0.5, 0.6) is 0 Å². The van der Waals surface area contributed by atoms with Gasteiger partial charge in [-0.05, 0) is 45.4 Å². The largest absolute Gasteiger partial charge is 0.336 e. The van der Waals surface area contributed by atoms with Crippen molar-refractivity contribution in [2.45, 2.75) is 33.2 Å². The lowest BCUT2D eigenvalue weighted by atomic mass is 10.1. The van der Waals surface area contributed by atoms with Crippen molar-refractivity contribution in [2.75, 3.05) is 13.1 Å². The monoisotopic (exact) mass is 252 g/mol. The SMILES string of the molecule is Cc1cccc(C(=O)N(CCCN)C(C)C)c1F. The summed E-state index contributed by atoms with van der Waals surface area (Å²) in [5, 5.41) is 0. The number of amides is 1. The predicted octanol–water partition coefficient (Wildman–Crippen LogP) is 2.33. The quantitative estimate of drug-likeness (QED) is 0.874. The average Bonchev–Trinajstić information content (AvgIpc) is 2.32. The van der Waals surface area contributed by atoms with Crippen LogP contribution < -0.4 is 5.73 Å². The number of carbonyl (C=O) groups is 1. The highest BCUT2D eigenvalue weighted by Gasteiger charge is 2.21. The molecule has 3 nitrogen and oxygen atoms in total. The molecule has 1 aromatic carbocycles. The van der Waals surface area contributed by atoms with E-state index in [2.05, 4.69) is 0 Å². The Hall–Kier alpha value is -1.42. The van der Waals surface area contributed by atoms with E-state index in [0.717, 1.165) is 6.42 Å². The predicted molar refractivity (Wildman–Crippen MR) is 71.0 cm³/mol. The van der Waals surface area contributed by atoms with Crippen LogP contribution in [0.1, 0.15) is 36.2 Å². The number of hydrogen-bond acceptors (Lipinski definition) is 2. The van der Waals surface area contributed by atoms with Gasteiger partial charge in [-0.25, -0.2) is 4.39 Å². The molecule has 0 bridgehead atoms. The number of benzene rings is 1. The van der Waals surface area contributed by atoms with Crippen LogP contribution in [0.25, 0.3) is 0 Å². The molecule has 0 heterocycles. The Morgan fingerprint density at radius 1 is 1.44 bits per heavy atom. The number of carbonyl (C=O) groups excluding carboxylic acids is 1. The zero-order valence-electron chi connectivity index (χ0n) is 11.2. The molecule has 0 saturated carbocycles. The molecular weight excluding hydrogens is 231 g/mol. The molecule has 0 aliphatic heterocycles. The summed E-state index contributed by atoms with van der Waals surface area (Å²) >= 11 is 0. The molecule has 0 fully saturated rings. The summed E-state index contributed by atoms with van der Waals surface area (Å²) < 4.78 is 13.9. The Kier molecular flexibility index (Phi) is 5.28. The van der Waals surface area contributed by atoms with Crippen molar-refractivity contribution >= 4 is 5.91 Å². The molecule has 0 aliphatic rings. The molecule has 0 spiro atoms. The van der Waals surface area contributed by atoms with Gasteiger partial charge in [0.15, 0.2) is 0 Å². The molecule has 1 amide bonds. The van der Waals surface area contributed by atoms with Gasteiger partial charge < -0.3 is 10.6 Å². The first-order chi connectivity index (χ1) is 8.49. The van der Waals surface area contributed by atoms with E-state index in [-0.39, 0.29) is 17.5 Å². The summed E-state index contributed by atoms with van der Waals surface area (Å²) in [6, 6.07) is 4.92. The lowest BCUT2D eigenvalue weighted by molar-refractivity contribution is 0.0700. The highest BCUT2D eigenvalue weighted by molar-refractivity contribution is 5.94. The van der Waals surface area contributed by atoms with Crippen LogP contribution in [-0.2, 0) is 0 Å². The Labute approximate surface area is 108 Å². The van der Waals surface area contributed by atoms with Crippen molar-refractivity contribution in [1.29, 1.82) is 0 Å². The summed E-state index contributed by atoms with van der Waals surface area (Å²) in [6.07, 6.45) is 0.720. The molecule has 2 N–H and O–H groups in total. The third-order valence-electron chi connectivity index (χ3n) is 2.91. The summed E-state index contributed by atoms with van der Waals surface area (Å²) in [5.74, 6) is -0.694. The van der Waals surface area contributed by atoms with Gasteiger partial charge in [0.2, 0.25) is 0 Å². The molecule has 0 saturated heterocycles. The Morgan fingerprint density at radius 3 is 2.67 bits per heavy atom. The van der Waals surface area contributed by atoms with Gasteiger partial charge in [0.05, 0.1) is 5.56 Å². The van der Waals surface area contributed by atoms with E-state index in [0.29, 0.717) is 18.7 Å². The van der Waals surface area contributed by atoms with E-state index < -0.39 is 5.82 Å². The van der Waals surface area contributed by atoms with E-state index >= 15 is 0 Å². The highest BCUT2D eigenvalue weighted by atomic mass is 19.1. The van der Waals surface area contributed by atoms with Crippen LogP contribution in [-0.4, -0.2) is 29.9 Å². The maximum atomic E-state index is 13.9. The summed E-state index contributed by atoms with van der Waals surface area (Å²) in [7, 11) is 0. The third kappa shape index (κ3) is 3.29. The maximum Gasteiger partial charge on any atom is 0.257 e. The molecule has 0 aromatic heterocycles. The normalized spacial score (nSPS) is 10.8. The van der Waals surface area contributed by atoms with E-state index in [1.807, 2.05) is 13.8 Å². The number of aryl methyl sites for hydroxylation is 1. The molecule has 0 aliphatic carbocycles. The third-order valence-corrected chi connectivity index (χ3v) is 2.91. The minimum absolute atomic E-state index is 0.0314. The average molecular weight is 252 g/mol. The van der Waals surface area contributed by atoms with Crippen molar-refractivity contribution in [3.8, 4) is 0 Å². The van der Waals surface area contributed by atoms with Crippen molar-refractivity contribution in [3.05, 3.63) is 35.1 Å². The zero-order chi connectivity index (χ0) is 13.7. The van der Waals surface area contributed by atoms with Gasteiger partial charge in [0.1, 0.15) is 5.82 Å². The number of hydrogen-bond donors (Lipinski definition) is 1. The summed E-state index contributed by atoms with van der Waals surface area (Å²) in [6.45, 7) is 6.57. The number of nitrogens with two attached hydrogens (primary N) is 1. The Morgan fingerprint density at radius 2 is 2.11 bits per heavy atom. The maximum absolute atomic E-state index is 13.9. The van der Waals surface area contributed by atoms with Crippen molar-refractivity contribution in [2.24, 2.45) is 5.73 Å². The molecule has 1 aromatic rings. The van der Waals surface area contributed by atoms with E-state index in [9.17, 15) is 9.18 Å². The van der Waals surface area contributed by atoms with Crippen molar-refractivity contribution < 1.29 is 9.18 Å². The van der Waals surface area contributed by atoms with Gasteiger partial charge in [0.25, 0.3) is 5.91 Å². The fourth-order valence-electron chi connectivity index (χ4n) is 1.82. The van der Waals surface area contributed by atoms with Crippen LogP contribution >= 0.6 is 0 Å². The molecule has 0 atom stereocenters. The smallest absolute Gasteiger partial charge is 0.257 e. The lowest BCUT2D eigenvalue weighted by Crippen LogP contribution is -2.38. The Bertz CT molecular complexity index is 418. The van der Waals surface area contributed by atoms with E-state index in [1.54, 1.807) is 24.0 Å². The standard InChI is InChI=1S/C14H21FN2O/c1-10(2)17(9-5-8-16)14(18)12-7-4-6-11(3)13(12)15/h4,6-7,10H,5,8-9,16H2,1-3H3. The molecule has 0 unspecified atom stereocenters. The fraction of sp³-hybridized carbons (Fsp3) is 0.500. The minimum Gasteiger partial charge on any atom is -0.336 e. The van der Waals surface area contributed by atoms with Gasteiger partial charge in [-0.2, -0.15) is 0 Å². The molecule has 4 heteroatoms. The molecule has 0 radical (unpaired) electrons. The minimum atomic E-state index is -0.430. The topological polar surface area (TPSA) is 46.3 Å². The van der Waals surface area contributed by atoms with E-state index in [4.69, 9.17) is 5.73 Å². The molecule has 18 heavy (non-hydrogen) atoms. The van der Waals surface area contributed by atoms with Crippen LogP contribution in [0.4, 0.5) is 4.39 Å². The van der Waals surface area contributed by atoms with Gasteiger partial charge in [-0.3, -0.25) is 4.79 Å². The highest BCUT2D eigenvalue weighted by Crippen LogP contribution is 2.16. The first-order valence-corrected chi connectivity index (χ1v) is 6.25. The van der Waals surface area contributed by atoms with E-state index in [1.165, 1.54) is 6.07 Å². The number of rotatable bonds is 5. The van der Waals surface area contributed by atoms with Gasteiger partial charge in [0, 0.05) is 12.6 Å². The van der Waals surface area contributed by atoms with Crippen LogP contribution in [0, 0.1) is 12.7 Å². The van der Waals surface area contributed by atoms with Gasteiger partial charge in [-0.15, -0.1) is 0 Å². The second-order valence-electron chi connectivity index (χ2n) is 4.67. The van der Waals surface area contributed by atoms with Gasteiger partial charge >= 0.3 is 0 Å². The lowest BCUT2D eigenvalue weighted by Gasteiger charge is -2.27. The number of nitrogens with zero attached hydrogens (tertiary/aromatic N) is 1. The zero-order valence-corrected chi connectivity index (χ0v) is 11.2. The number of halogens is 1. The molecular formula is C14H21FN2O. The van der Waals surface area contributed by atoms with Crippen molar-refractivity contribution in [1.82, 2.24) is 4.90 Å². The second-order valence-corrected chi connectivity index (χ2v) is 4.67. The summed E-state index contributed by atoms with van der Waals surface area (Å²) in [5.41, 5.74) is 6.09. The molecule has 1 rings (SSSR count). The molecule has 100 valence electrons. The van der Waals surface area contributed by atoms with Crippen LogP contribution in [0.15, 0.2) is 18.2 Å². The van der Waals surface area contributed by atoms with Gasteiger partial charge in [-0.1, -0.05) is 12.1 Å². The first-order valence-electron chi connectivity index (χ1n) is 6.25. The Balaban J connectivity index is 2.98. The second kappa shape index (κ2) is 6.50.